The van der Waals surface area contributed by atoms with E-state index in [-0.39, 0.29) is 5.92 Å². The van der Waals surface area contributed by atoms with Crippen LogP contribution < -0.4 is 5.32 Å². The molecular formula is C25H22BrN3. The topological polar surface area (TPSA) is 29.9 Å². The van der Waals surface area contributed by atoms with Crippen molar-refractivity contribution in [3.05, 3.63) is 112 Å². The third kappa shape index (κ3) is 3.60. The number of fused-ring (bicyclic) bond motifs is 1. The van der Waals surface area contributed by atoms with Crippen LogP contribution in [0.1, 0.15) is 28.3 Å². The highest BCUT2D eigenvalue weighted by Gasteiger charge is 2.26. The highest BCUT2D eigenvalue weighted by atomic mass is 79.9. The van der Waals surface area contributed by atoms with Crippen molar-refractivity contribution >= 4 is 21.7 Å². The number of rotatable bonds is 5. The van der Waals surface area contributed by atoms with Gasteiger partial charge in [-0.25, -0.2) is 4.68 Å². The molecule has 0 spiro atoms. The average molecular weight is 444 g/mol. The van der Waals surface area contributed by atoms with Crippen molar-refractivity contribution in [2.75, 3.05) is 11.9 Å². The molecule has 1 aromatic heterocycles. The fraction of sp³-hybridized carbons (Fsp3) is 0.160. The maximum atomic E-state index is 5.06. The van der Waals surface area contributed by atoms with Gasteiger partial charge in [0.15, 0.2) is 0 Å². The lowest BCUT2D eigenvalue weighted by Crippen LogP contribution is -2.09. The van der Waals surface area contributed by atoms with Crippen molar-refractivity contribution in [3.8, 4) is 5.69 Å². The first-order valence-electron chi connectivity index (χ1n) is 10.00. The minimum absolute atomic E-state index is 0.287. The maximum Gasteiger partial charge on any atom is 0.133 e. The van der Waals surface area contributed by atoms with E-state index in [1.165, 1.54) is 22.4 Å². The third-order valence-corrected chi connectivity index (χ3v) is 6.14. The zero-order valence-corrected chi connectivity index (χ0v) is 17.6. The van der Waals surface area contributed by atoms with E-state index >= 15 is 0 Å². The predicted octanol–water partition coefficient (Wildman–Crippen LogP) is 5.98. The molecule has 29 heavy (non-hydrogen) atoms. The van der Waals surface area contributed by atoms with Gasteiger partial charge in [-0.15, -0.1) is 0 Å². The van der Waals surface area contributed by atoms with E-state index in [1.54, 1.807) is 0 Å². The number of nitrogens with zero attached hydrogens (tertiary/aromatic N) is 2. The summed E-state index contributed by atoms with van der Waals surface area (Å²) in [5.41, 5.74) is 6.28. The molecule has 144 valence electrons. The quantitative estimate of drug-likeness (QED) is 0.411. The normalized spacial score (nSPS) is 12.8. The molecule has 0 amide bonds. The van der Waals surface area contributed by atoms with Crippen LogP contribution in [0.25, 0.3) is 5.69 Å². The number of aromatic nitrogens is 2. The lowest BCUT2D eigenvalue weighted by atomic mass is 9.86. The van der Waals surface area contributed by atoms with Crippen LogP contribution in [-0.4, -0.2) is 16.3 Å². The first-order valence-corrected chi connectivity index (χ1v) is 10.8. The summed E-state index contributed by atoms with van der Waals surface area (Å²) in [6.07, 6.45) is 1.92. The van der Waals surface area contributed by atoms with E-state index in [4.69, 9.17) is 5.10 Å². The minimum Gasteiger partial charge on any atom is -0.369 e. The second kappa shape index (κ2) is 7.88. The zero-order chi connectivity index (χ0) is 19.6. The van der Waals surface area contributed by atoms with Gasteiger partial charge in [0.25, 0.3) is 0 Å². The van der Waals surface area contributed by atoms with Crippen LogP contribution in [0.5, 0.6) is 0 Å². The number of benzene rings is 3. The molecule has 4 heteroatoms. The summed E-state index contributed by atoms with van der Waals surface area (Å²) >= 11 is 3.52. The Morgan fingerprint density at radius 1 is 0.862 bits per heavy atom. The lowest BCUT2D eigenvalue weighted by molar-refractivity contribution is 0.745. The number of nitrogens with one attached hydrogen (secondary N) is 1. The highest BCUT2D eigenvalue weighted by molar-refractivity contribution is 9.10. The number of halogens is 1. The Balaban J connectivity index is 1.56. The van der Waals surface area contributed by atoms with E-state index in [2.05, 4.69) is 111 Å². The van der Waals surface area contributed by atoms with Crippen LogP contribution in [0.15, 0.2) is 89.4 Å². The summed E-state index contributed by atoms with van der Waals surface area (Å²) in [7, 11) is 0. The van der Waals surface area contributed by atoms with E-state index < -0.39 is 0 Å². The van der Waals surface area contributed by atoms with Crippen molar-refractivity contribution in [1.29, 1.82) is 0 Å². The van der Waals surface area contributed by atoms with E-state index in [1.807, 2.05) is 0 Å². The largest absolute Gasteiger partial charge is 0.369 e. The summed E-state index contributed by atoms with van der Waals surface area (Å²) in [5.74, 6) is 1.43. The van der Waals surface area contributed by atoms with Crippen LogP contribution >= 0.6 is 15.9 Å². The van der Waals surface area contributed by atoms with Gasteiger partial charge in [-0.3, -0.25) is 0 Å². The SMILES string of the molecule is Brc1ccc(-n2nc(CC(c3ccccc3)c3ccccc3)c3c2NCC3)cc1. The Hall–Kier alpha value is -2.85. The molecular weight excluding hydrogens is 422 g/mol. The van der Waals surface area contributed by atoms with Gasteiger partial charge in [0.2, 0.25) is 0 Å². The third-order valence-electron chi connectivity index (χ3n) is 5.61. The molecule has 0 radical (unpaired) electrons. The van der Waals surface area contributed by atoms with Crippen molar-refractivity contribution < 1.29 is 0 Å². The first-order chi connectivity index (χ1) is 14.3. The van der Waals surface area contributed by atoms with Crippen molar-refractivity contribution in [1.82, 2.24) is 9.78 Å². The number of hydrogen-bond donors (Lipinski definition) is 1. The monoisotopic (exact) mass is 443 g/mol. The van der Waals surface area contributed by atoms with Gasteiger partial charge < -0.3 is 5.32 Å². The molecule has 0 bridgehead atoms. The fourth-order valence-electron chi connectivity index (χ4n) is 4.17. The molecule has 2 heterocycles. The van der Waals surface area contributed by atoms with Gasteiger partial charge in [0.1, 0.15) is 5.82 Å². The first kappa shape index (κ1) is 18.2. The van der Waals surface area contributed by atoms with Crippen molar-refractivity contribution in [3.63, 3.8) is 0 Å². The summed E-state index contributed by atoms with van der Waals surface area (Å²) < 4.78 is 3.14. The molecule has 0 aliphatic carbocycles. The Labute approximate surface area is 179 Å². The molecule has 3 aromatic carbocycles. The van der Waals surface area contributed by atoms with Gasteiger partial charge in [-0.05, 0) is 41.8 Å². The van der Waals surface area contributed by atoms with Gasteiger partial charge in [0.05, 0.1) is 11.4 Å². The minimum atomic E-state index is 0.287. The fourth-order valence-corrected chi connectivity index (χ4v) is 4.44. The molecule has 1 N–H and O–H groups in total. The van der Waals surface area contributed by atoms with Crippen LogP contribution in [-0.2, 0) is 12.8 Å². The van der Waals surface area contributed by atoms with Gasteiger partial charge >= 0.3 is 0 Å². The van der Waals surface area contributed by atoms with Gasteiger partial charge in [-0.2, -0.15) is 5.10 Å². The zero-order valence-electron chi connectivity index (χ0n) is 16.1. The average Bonchev–Trinajstić information content (AvgIpc) is 3.37. The molecule has 5 rings (SSSR count). The maximum absolute atomic E-state index is 5.06. The van der Waals surface area contributed by atoms with Crippen molar-refractivity contribution in [2.24, 2.45) is 0 Å². The summed E-state index contributed by atoms with van der Waals surface area (Å²) in [6.45, 7) is 0.970. The molecule has 0 fully saturated rings. The molecule has 1 aliphatic rings. The molecule has 0 atom stereocenters. The van der Waals surface area contributed by atoms with Crippen LogP contribution in [0, 0.1) is 0 Å². The molecule has 0 saturated heterocycles. The Bertz CT molecular complexity index is 1060. The van der Waals surface area contributed by atoms with Crippen LogP contribution in [0.3, 0.4) is 0 Å². The van der Waals surface area contributed by atoms with Gasteiger partial charge in [-0.1, -0.05) is 76.6 Å². The van der Waals surface area contributed by atoms with Crippen LogP contribution in [0.4, 0.5) is 5.82 Å². The highest BCUT2D eigenvalue weighted by Crippen LogP contribution is 2.34. The number of anilines is 1. The Kier molecular flexibility index (Phi) is 4.94. The second-order valence-electron chi connectivity index (χ2n) is 7.42. The van der Waals surface area contributed by atoms with E-state index in [0.717, 1.165) is 35.4 Å². The van der Waals surface area contributed by atoms with Gasteiger partial charge in [0, 0.05) is 28.9 Å². The summed E-state index contributed by atoms with van der Waals surface area (Å²) in [5, 5.41) is 8.61. The molecule has 0 saturated carbocycles. The van der Waals surface area contributed by atoms with E-state index in [9.17, 15) is 0 Å². The standard InChI is InChI=1S/C25H22BrN3/c26-20-11-13-21(14-12-20)29-25-22(15-16-27-25)24(28-29)17-23(18-7-3-1-4-8-18)19-9-5-2-6-10-19/h1-14,23,27H,15-17H2. The summed E-state index contributed by atoms with van der Waals surface area (Å²) in [6, 6.07) is 29.9. The molecule has 4 aromatic rings. The Morgan fingerprint density at radius 3 is 2.10 bits per heavy atom. The molecule has 1 aliphatic heterocycles. The summed E-state index contributed by atoms with van der Waals surface area (Å²) in [4.78, 5) is 0. The molecule has 0 unspecified atom stereocenters. The molecule has 3 nitrogen and oxygen atoms in total. The van der Waals surface area contributed by atoms with Crippen LogP contribution in [0.2, 0.25) is 0 Å². The van der Waals surface area contributed by atoms with E-state index in [0.29, 0.717) is 0 Å². The second-order valence-corrected chi connectivity index (χ2v) is 8.33. The lowest BCUT2D eigenvalue weighted by Gasteiger charge is -2.17. The van der Waals surface area contributed by atoms with Crippen molar-refractivity contribution in [2.45, 2.75) is 18.8 Å². The Morgan fingerprint density at radius 2 is 1.48 bits per heavy atom. The smallest absolute Gasteiger partial charge is 0.133 e. The number of hydrogen-bond acceptors (Lipinski definition) is 2. The predicted molar refractivity (Wildman–Crippen MR) is 122 cm³/mol.